The van der Waals surface area contributed by atoms with Gasteiger partial charge in [-0.2, -0.15) is 0 Å². The number of carboxylic acid groups (broad SMARTS) is 1. The van der Waals surface area contributed by atoms with Crippen LogP contribution in [0.15, 0.2) is 12.5 Å². The van der Waals surface area contributed by atoms with Gasteiger partial charge in [-0.1, -0.05) is 0 Å². The molecule has 0 aliphatic rings. The molecule has 0 fully saturated rings. The zero-order valence-electron chi connectivity index (χ0n) is 14.4. The molecule has 0 rings (SSSR count). The molecule has 1 atom stereocenters. The van der Waals surface area contributed by atoms with Crippen molar-refractivity contribution in [1.82, 2.24) is 10.6 Å². The molecule has 0 aliphatic heterocycles. The summed E-state index contributed by atoms with van der Waals surface area (Å²) in [5.74, 6) is -2.08. The first-order chi connectivity index (χ1) is 10.3. The molecule has 0 heterocycles. The Bertz CT molecular complexity index is 460. The van der Waals surface area contributed by atoms with Gasteiger partial charge in [-0.3, -0.25) is 4.79 Å². The van der Waals surface area contributed by atoms with Gasteiger partial charge >= 0.3 is 12.1 Å². The molecule has 0 saturated carbocycles. The Hall–Kier alpha value is -2.25. The summed E-state index contributed by atoms with van der Waals surface area (Å²) in [6.07, 6.45) is 1.71. The van der Waals surface area contributed by atoms with E-state index in [0.29, 0.717) is 0 Å². The van der Waals surface area contributed by atoms with E-state index in [-0.39, 0.29) is 0 Å². The molecular weight excluding hydrogens is 304 g/mol. The predicted molar refractivity (Wildman–Crippen MR) is 83.8 cm³/mol. The monoisotopic (exact) mass is 330 g/mol. The van der Waals surface area contributed by atoms with E-state index in [1.165, 1.54) is 12.5 Å². The maximum Gasteiger partial charge on any atom is 0.408 e. The quantitative estimate of drug-likeness (QED) is 0.477. The Balaban J connectivity index is 4.47. The molecule has 0 aromatic heterocycles. The van der Waals surface area contributed by atoms with Gasteiger partial charge in [0.05, 0.1) is 18.4 Å². The van der Waals surface area contributed by atoms with Crippen LogP contribution in [0.3, 0.4) is 0 Å². The summed E-state index contributed by atoms with van der Waals surface area (Å²) in [4.78, 5) is 34.4. The number of aliphatic carboxylic acids is 1. The minimum Gasteiger partial charge on any atom is -0.494 e. The maximum absolute atomic E-state index is 11.9. The summed E-state index contributed by atoms with van der Waals surface area (Å²) in [6, 6.07) is -1.50. The molecule has 8 nitrogen and oxygen atoms in total. The third kappa shape index (κ3) is 11.0. The molecule has 0 aliphatic carbocycles. The number of hydrogen-bond donors (Lipinski definition) is 3. The highest BCUT2D eigenvalue weighted by molar-refractivity contribution is 6.04. The van der Waals surface area contributed by atoms with Crippen molar-refractivity contribution >= 4 is 17.8 Å². The van der Waals surface area contributed by atoms with Crippen molar-refractivity contribution in [3.63, 3.8) is 0 Å². The topological polar surface area (TPSA) is 114 Å². The zero-order chi connectivity index (χ0) is 18.3. The number of carbonyl (C=O) groups is 3. The highest BCUT2D eigenvalue weighted by Gasteiger charge is 2.26. The number of amides is 1. The minimum atomic E-state index is -1.50. The van der Waals surface area contributed by atoms with Gasteiger partial charge in [0.1, 0.15) is 5.60 Å². The molecule has 0 bridgehead atoms. The van der Waals surface area contributed by atoms with Crippen molar-refractivity contribution in [2.24, 2.45) is 0 Å². The number of carbonyl (C=O) groups excluding carboxylic acids is 2. The van der Waals surface area contributed by atoms with Gasteiger partial charge in [0.25, 0.3) is 0 Å². The van der Waals surface area contributed by atoms with E-state index in [0.717, 1.165) is 0 Å². The van der Waals surface area contributed by atoms with Crippen LogP contribution in [0.1, 0.15) is 41.5 Å². The lowest BCUT2D eigenvalue weighted by Gasteiger charge is -2.20. The first-order valence-corrected chi connectivity index (χ1v) is 7.13. The Labute approximate surface area is 136 Å². The molecule has 23 heavy (non-hydrogen) atoms. The third-order valence-corrected chi connectivity index (χ3v) is 2.13. The Morgan fingerprint density at radius 3 is 2.09 bits per heavy atom. The second-order valence-electron chi connectivity index (χ2n) is 6.79. The van der Waals surface area contributed by atoms with E-state index in [1.807, 2.05) is 20.8 Å². The third-order valence-electron chi connectivity index (χ3n) is 2.13. The largest absolute Gasteiger partial charge is 0.494 e. The fourth-order valence-corrected chi connectivity index (χ4v) is 1.25. The Morgan fingerprint density at radius 1 is 1.09 bits per heavy atom. The number of carboxylic acids is 1. The van der Waals surface area contributed by atoms with Crippen LogP contribution in [0.25, 0.3) is 0 Å². The van der Waals surface area contributed by atoms with Gasteiger partial charge in [-0.05, 0) is 41.5 Å². The summed E-state index contributed by atoms with van der Waals surface area (Å²) in [6.45, 7) is 10.0. The maximum atomic E-state index is 11.9. The highest BCUT2D eigenvalue weighted by atomic mass is 16.6. The van der Waals surface area contributed by atoms with Gasteiger partial charge in [0.2, 0.25) is 0 Å². The number of Topliss-reactive ketones (excluding diaryl/α,β-unsaturated/α-hetero) is 1. The van der Waals surface area contributed by atoms with Crippen LogP contribution in [0, 0.1) is 0 Å². The van der Waals surface area contributed by atoms with Crippen LogP contribution in [0.5, 0.6) is 0 Å². The van der Waals surface area contributed by atoms with Crippen LogP contribution in [-0.2, 0) is 19.1 Å². The van der Waals surface area contributed by atoms with E-state index >= 15 is 0 Å². The fraction of sp³-hybridized carbons (Fsp3) is 0.667. The number of ether oxygens (including phenoxy) is 2. The number of nitrogens with one attached hydrogen (secondary N) is 2. The number of hydrogen-bond acceptors (Lipinski definition) is 6. The Kier molecular flexibility index (Phi) is 7.58. The van der Waals surface area contributed by atoms with Crippen LogP contribution in [0.4, 0.5) is 4.79 Å². The lowest BCUT2D eigenvalue weighted by molar-refractivity contribution is -0.142. The smallest absolute Gasteiger partial charge is 0.408 e. The summed E-state index contributed by atoms with van der Waals surface area (Å²) in [5.41, 5.74) is -1.14. The van der Waals surface area contributed by atoms with Gasteiger partial charge < -0.3 is 25.2 Å². The van der Waals surface area contributed by atoms with E-state index in [2.05, 4.69) is 10.6 Å². The van der Waals surface area contributed by atoms with E-state index in [1.54, 1.807) is 20.8 Å². The molecule has 8 heteroatoms. The molecule has 0 aromatic rings. The first-order valence-electron chi connectivity index (χ1n) is 7.13. The summed E-state index contributed by atoms with van der Waals surface area (Å²) in [5, 5.41) is 13.7. The van der Waals surface area contributed by atoms with E-state index in [9.17, 15) is 14.4 Å². The lowest BCUT2D eigenvalue weighted by atomic mass is 10.2. The standard InChI is InChI=1S/C15H26N2O6/c1-14(2,3)22-8-7-16-11(12(19)20)10(18)9-17-13(21)23-15(4,5)6/h7-8,11,16H,9H2,1-6H3,(H,17,21)(H,19,20). The van der Waals surface area contributed by atoms with Gasteiger partial charge in [0, 0.05) is 6.20 Å². The van der Waals surface area contributed by atoms with Crippen LogP contribution in [-0.4, -0.2) is 46.7 Å². The van der Waals surface area contributed by atoms with Crippen molar-refractivity contribution in [2.45, 2.75) is 58.8 Å². The first kappa shape index (κ1) is 20.8. The normalized spacial score (nSPS) is 13.3. The lowest BCUT2D eigenvalue weighted by Crippen LogP contribution is -2.46. The Morgan fingerprint density at radius 2 is 1.65 bits per heavy atom. The van der Waals surface area contributed by atoms with Crippen molar-refractivity contribution < 1.29 is 29.0 Å². The SMILES string of the molecule is CC(C)(C)OC=CNC(C(=O)O)C(=O)CNC(=O)OC(C)(C)C. The second-order valence-corrected chi connectivity index (χ2v) is 6.79. The second kappa shape index (κ2) is 8.40. The summed E-state index contributed by atoms with van der Waals surface area (Å²) < 4.78 is 10.2. The predicted octanol–water partition coefficient (Wildman–Crippen LogP) is 1.41. The van der Waals surface area contributed by atoms with Crippen LogP contribution >= 0.6 is 0 Å². The van der Waals surface area contributed by atoms with Gasteiger partial charge in [-0.25, -0.2) is 9.59 Å². The number of alkyl carbamates (subject to hydrolysis) is 1. The number of ketones is 1. The molecule has 3 N–H and O–H groups in total. The van der Waals surface area contributed by atoms with Gasteiger partial charge in [0.15, 0.2) is 11.8 Å². The van der Waals surface area contributed by atoms with Crippen molar-refractivity contribution in [2.75, 3.05) is 6.54 Å². The molecule has 0 aromatic carbocycles. The molecule has 0 saturated heterocycles. The van der Waals surface area contributed by atoms with Crippen LogP contribution in [0.2, 0.25) is 0 Å². The fourth-order valence-electron chi connectivity index (χ4n) is 1.25. The molecule has 1 amide bonds. The average molecular weight is 330 g/mol. The van der Waals surface area contributed by atoms with Crippen molar-refractivity contribution in [3.05, 3.63) is 12.5 Å². The van der Waals surface area contributed by atoms with Gasteiger partial charge in [-0.15, -0.1) is 0 Å². The molecular formula is C15H26N2O6. The average Bonchev–Trinajstić information content (AvgIpc) is 2.32. The molecule has 1 unspecified atom stereocenters. The van der Waals surface area contributed by atoms with Crippen LogP contribution < -0.4 is 10.6 Å². The summed E-state index contributed by atoms with van der Waals surface area (Å²) >= 11 is 0. The number of rotatable bonds is 7. The molecule has 0 spiro atoms. The highest BCUT2D eigenvalue weighted by Crippen LogP contribution is 2.07. The van der Waals surface area contributed by atoms with Crippen molar-refractivity contribution in [1.29, 1.82) is 0 Å². The molecule has 0 radical (unpaired) electrons. The molecule has 132 valence electrons. The van der Waals surface area contributed by atoms with Crippen molar-refractivity contribution in [3.8, 4) is 0 Å². The van der Waals surface area contributed by atoms with E-state index in [4.69, 9.17) is 14.6 Å². The summed E-state index contributed by atoms with van der Waals surface area (Å²) in [7, 11) is 0. The zero-order valence-corrected chi connectivity index (χ0v) is 14.4. The van der Waals surface area contributed by atoms with E-state index < -0.39 is 41.6 Å². The minimum absolute atomic E-state index is 0.431.